The fraction of sp³-hybridized carbons (Fsp3) is 0.471. The molecule has 0 saturated heterocycles. The zero-order chi connectivity index (χ0) is 17.6. The Morgan fingerprint density at radius 1 is 0.833 bits per heavy atom. The molecule has 132 valence electrons. The molecule has 1 N–H and O–H groups in total. The molecular weight excluding hydrogens is 316 g/mol. The Hall–Kier alpha value is -2.41. The molecule has 0 aliphatic heterocycles. The molecule has 0 saturated carbocycles. The first-order valence-electron chi connectivity index (χ1n) is 7.77. The van der Waals surface area contributed by atoms with Gasteiger partial charge in [-0.25, -0.2) is 4.79 Å². The first-order valence-corrected chi connectivity index (χ1v) is 7.77. The lowest BCUT2D eigenvalue weighted by molar-refractivity contribution is -0.145. The van der Waals surface area contributed by atoms with Crippen LogP contribution in [0.3, 0.4) is 0 Å². The minimum atomic E-state index is -0.871. The van der Waals surface area contributed by atoms with E-state index in [2.05, 4.69) is 0 Å². The van der Waals surface area contributed by atoms with Gasteiger partial charge in [0.05, 0.1) is 18.8 Å². The number of benzene rings is 1. The van der Waals surface area contributed by atoms with Crippen LogP contribution in [-0.4, -0.2) is 49.4 Å². The lowest BCUT2D eigenvalue weighted by Gasteiger charge is -2.07. The van der Waals surface area contributed by atoms with E-state index in [0.717, 1.165) is 0 Å². The Labute approximate surface area is 140 Å². The van der Waals surface area contributed by atoms with Gasteiger partial charge in [-0.05, 0) is 25.0 Å². The Kier molecular flexibility index (Phi) is 9.87. The first-order chi connectivity index (χ1) is 11.6. The van der Waals surface area contributed by atoms with Crippen molar-refractivity contribution in [2.75, 3.05) is 26.4 Å². The second kappa shape index (κ2) is 12.1. The van der Waals surface area contributed by atoms with Crippen molar-refractivity contribution in [1.29, 1.82) is 0 Å². The molecule has 0 aliphatic rings. The van der Waals surface area contributed by atoms with Crippen LogP contribution in [0.15, 0.2) is 30.3 Å². The third kappa shape index (κ3) is 9.58. The van der Waals surface area contributed by atoms with E-state index in [-0.39, 0.29) is 45.2 Å². The lowest BCUT2D eigenvalue weighted by Crippen LogP contribution is -2.14. The molecule has 0 atom stereocenters. The minimum Gasteiger partial charge on any atom is -0.481 e. The van der Waals surface area contributed by atoms with E-state index in [1.165, 1.54) is 0 Å². The number of hydrogen-bond donors (Lipinski definition) is 1. The molecule has 7 heteroatoms. The standard InChI is InChI=1S/C17H22O7/c18-15(19)8-4-5-9-16(20)23-12-10-22-11-13-24-17(21)14-6-2-1-3-7-14/h1-3,6-7H,4-5,8-13H2,(H,18,19). The molecule has 0 aliphatic carbocycles. The molecular formula is C17H22O7. The average Bonchev–Trinajstić information content (AvgIpc) is 2.58. The van der Waals surface area contributed by atoms with Crippen LogP contribution < -0.4 is 0 Å². The summed E-state index contributed by atoms with van der Waals surface area (Å²) in [6.45, 7) is 0.666. The number of unbranched alkanes of at least 4 members (excludes halogenated alkanes) is 1. The van der Waals surface area contributed by atoms with Gasteiger partial charge in [-0.3, -0.25) is 9.59 Å². The number of carboxylic acids is 1. The number of esters is 2. The summed E-state index contributed by atoms with van der Waals surface area (Å²) in [5, 5.41) is 8.46. The molecule has 1 aromatic rings. The van der Waals surface area contributed by atoms with Crippen molar-refractivity contribution in [3.63, 3.8) is 0 Å². The molecule has 0 bridgehead atoms. The van der Waals surface area contributed by atoms with Gasteiger partial charge in [0.2, 0.25) is 0 Å². The Balaban J connectivity index is 1.94. The number of hydrogen-bond acceptors (Lipinski definition) is 6. The summed E-state index contributed by atoms with van der Waals surface area (Å²) in [7, 11) is 0. The van der Waals surface area contributed by atoms with E-state index < -0.39 is 11.9 Å². The Bertz CT molecular complexity index is 513. The average molecular weight is 338 g/mol. The Morgan fingerprint density at radius 2 is 1.46 bits per heavy atom. The van der Waals surface area contributed by atoms with E-state index in [9.17, 15) is 14.4 Å². The van der Waals surface area contributed by atoms with E-state index in [0.29, 0.717) is 18.4 Å². The van der Waals surface area contributed by atoms with Gasteiger partial charge in [0.15, 0.2) is 0 Å². The smallest absolute Gasteiger partial charge is 0.338 e. The van der Waals surface area contributed by atoms with Crippen molar-refractivity contribution >= 4 is 17.9 Å². The summed E-state index contributed by atoms with van der Waals surface area (Å²) in [6, 6.07) is 8.65. The molecule has 0 radical (unpaired) electrons. The maximum atomic E-state index is 11.6. The fourth-order valence-corrected chi connectivity index (χ4v) is 1.79. The summed E-state index contributed by atoms with van der Waals surface area (Å²) in [5.41, 5.74) is 0.481. The van der Waals surface area contributed by atoms with Crippen molar-refractivity contribution in [3.8, 4) is 0 Å². The maximum absolute atomic E-state index is 11.6. The van der Waals surface area contributed by atoms with Crippen molar-refractivity contribution in [3.05, 3.63) is 35.9 Å². The normalized spacial score (nSPS) is 10.2. The number of rotatable bonds is 12. The minimum absolute atomic E-state index is 0.0537. The van der Waals surface area contributed by atoms with Crippen molar-refractivity contribution in [1.82, 2.24) is 0 Å². The van der Waals surface area contributed by atoms with Gasteiger partial charge in [0, 0.05) is 12.8 Å². The summed E-state index contributed by atoms with van der Waals surface area (Å²) in [6.07, 6.45) is 1.19. The molecule has 0 fully saturated rings. The molecule has 0 unspecified atom stereocenters. The van der Waals surface area contributed by atoms with Gasteiger partial charge in [-0.1, -0.05) is 18.2 Å². The second-order valence-corrected chi connectivity index (χ2v) is 4.94. The summed E-state index contributed by atoms with van der Waals surface area (Å²) in [5.74, 6) is -1.66. The fourth-order valence-electron chi connectivity index (χ4n) is 1.79. The number of carboxylic acid groups (broad SMARTS) is 1. The van der Waals surface area contributed by atoms with Crippen LogP contribution in [0, 0.1) is 0 Å². The summed E-state index contributed by atoms with van der Waals surface area (Å²) >= 11 is 0. The zero-order valence-electron chi connectivity index (χ0n) is 13.4. The molecule has 1 aromatic carbocycles. The molecule has 0 spiro atoms. The van der Waals surface area contributed by atoms with Gasteiger partial charge in [0.1, 0.15) is 13.2 Å². The Morgan fingerprint density at radius 3 is 2.12 bits per heavy atom. The second-order valence-electron chi connectivity index (χ2n) is 4.94. The predicted molar refractivity (Wildman–Crippen MR) is 84.6 cm³/mol. The van der Waals surface area contributed by atoms with Crippen LogP contribution in [0.1, 0.15) is 36.0 Å². The van der Waals surface area contributed by atoms with Gasteiger partial charge >= 0.3 is 17.9 Å². The van der Waals surface area contributed by atoms with Crippen LogP contribution in [0.2, 0.25) is 0 Å². The van der Waals surface area contributed by atoms with Crippen molar-refractivity contribution in [2.45, 2.75) is 25.7 Å². The highest BCUT2D eigenvalue weighted by Crippen LogP contribution is 2.02. The third-order valence-corrected chi connectivity index (χ3v) is 2.98. The van der Waals surface area contributed by atoms with Crippen molar-refractivity contribution in [2.24, 2.45) is 0 Å². The van der Waals surface area contributed by atoms with E-state index in [1.807, 2.05) is 6.07 Å². The van der Waals surface area contributed by atoms with Crippen LogP contribution in [0.5, 0.6) is 0 Å². The zero-order valence-corrected chi connectivity index (χ0v) is 13.4. The van der Waals surface area contributed by atoms with Crippen LogP contribution >= 0.6 is 0 Å². The SMILES string of the molecule is O=C(O)CCCCC(=O)OCCOCCOC(=O)c1ccccc1. The quantitative estimate of drug-likeness (QED) is 0.460. The highest BCUT2D eigenvalue weighted by Gasteiger charge is 2.06. The first kappa shape index (κ1) is 19.6. The van der Waals surface area contributed by atoms with Gasteiger partial charge in [0.25, 0.3) is 0 Å². The van der Waals surface area contributed by atoms with Crippen LogP contribution in [-0.2, 0) is 23.8 Å². The predicted octanol–water partition coefficient (Wildman–Crippen LogP) is 2.05. The van der Waals surface area contributed by atoms with Crippen LogP contribution in [0.25, 0.3) is 0 Å². The molecule has 7 nitrogen and oxygen atoms in total. The highest BCUT2D eigenvalue weighted by atomic mass is 16.6. The number of carbonyl (C=O) groups excluding carboxylic acids is 2. The van der Waals surface area contributed by atoms with Gasteiger partial charge in [-0.15, -0.1) is 0 Å². The summed E-state index contributed by atoms with van der Waals surface area (Å²) in [4.78, 5) is 33.2. The van der Waals surface area contributed by atoms with E-state index >= 15 is 0 Å². The van der Waals surface area contributed by atoms with E-state index in [4.69, 9.17) is 19.3 Å². The third-order valence-electron chi connectivity index (χ3n) is 2.98. The van der Waals surface area contributed by atoms with E-state index in [1.54, 1.807) is 24.3 Å². The maximum Gasteiger partial charge on any atom is 0.338 e. The lowest BCUT2D eigenvalue weighted by atomic mass is 10.2. The number of aliphatic carboxylic acids is 1. The monoisotopic (exact) mass is 338 g/mol. The summed E-state index contributed by atoms with van der Waals surface area (Å²) < 4.78 is 15.1. The molecule has 24 heavy (non-hydrogen) atoms. The topological polar surface area (TPSA) is 99.1 Å². The van der Waals surface area contributed by atoms with Crippen LogP contribution in [0.4, 0.5) is 0 Å². The number of ether oxygens (including phenoxy) is 3. The molecule has 1 rings (SSSR count). The molecule has 0 aromatic heterocycles. The largest absolute Gasteiger partial charge is 0.481 e. The van der Waals surface area contributed by atoms with Gasteiger partial charge < -0.3 is 19.3 Å². The molecule has 0 heterocycles. The van der Waals surface area contributed by atoms with Gasteiger partial charge in [-0.2, -0.15) is 0 Å². The van der Waals surface area contributed by atoms with Crippen molar-refractivity contribution < 1.29 is 33.7 Å². The number of carbonyl (C=O) groups is 3. The highest BCUT2D eigenvalue weighted by molar-refractivity contribution is 5.89. The molecule has 0 amide bonds.